The zero-order valence-corrected chi connectivity index (χ0v) is 10.4. The Hall–Kier alpha value is -0.570. The molecule has 0 aromatic carbocycles. The van der Waals surface area contributed by atoms with Crippen molar-refractivity contribution >= 4 is 5.97 Å². The van der Waals surface area contributed by atoms with Gasteiger partial charge in [-0.05, 0) is 37.6 Å². The molecule has 0 radical (unpaired) electrons. The van der Waals surface area contributed by atoms with Crippen LogP contribution in [0.5, 0.6) is 0 Å². The SMILES string of the molecule is CC(CCN)CCC(=O)OCCC1CCC1. The van der Waals surface area contributed by atoms with Crippen molar-refractivity contribution in [3.05, 3.63) is 0 Å². The molecule has 0 aromatic heterocycles. The van der Waals surface area contributed by atoms with Gasteiger partial charge in [0.2, 0.25) is 0 Å². The van der Waals surface area contributed by atoms with Gasteiger partial charge in [0, 0.05) is 6.42 Å². The molecule has 1 aliphatic rings. The Morgan fingerprint density at radius 3 is 2.75 bits per heavy atom. The second-order valence-corrected chi connectivity index (χ2v) is 5.03. The van der Waals surface area contributed by atoms with Gasteiger partial charge in [0.05, 0.1) is 6.61 Å². The lowest BCUT2D eigenvalue weighted by Gasteiger charge is -2.24. The van der Waals surface area contributed by atoms with Gasteiger partial charge in [-0.15, -0.1) is 0 Å². The lowest BCUT2D eigenvalue weighted by atomic mass is 9.83. The maximum Gasteiger partial charge on any atom is 0.305 e. The third-order valence-electron chi connectivity index (χ3n) is 3.51. The molecule has 0 saturated heterocycles. The van der Waals surface area contributed by atoms with E-state index in [4.69, 9.17) is 10.5 Å². The van der Waals surface area contributed by atoms with Gasteiger partial charge in [-0.3, -0.25) is 4.79 Å². The normalized spacial score (nSPS) is 17.9. The number of nitrogens with two attached hydrogens (primary N) is 1. The predicted octanol–water partition coefficient (Wildman–Crippen LogP) is 2.48. The van der Waals surface area contributed by atoms with Crippen molar-refractivity contribution in [3.63, 3.8) is 0 Å². The molecule has 3 nitrogen and oxygen atoms in total. The van der Waals surface area contributed by atoms with Gasteiger partial charge in [-0.1, -0.05) is 26.2 Å². The van der Waals surface area contributed by atoms with E-state index in [1.54, 1.807) is 0 Å². The predicted molar refractivity (Wildman–Crippen MR) is 65.0 cm³/mol. The number of carbonyl (C=O) groups is 1. The standard InChI is InChI=1S/C13H25NO2/c1-11(7-9-14)5-6-13(15)16-10-8-12-3-2-4-12/h11-12H,2-10,14H2,1H3. The quantitative estimate of drug-likeness (QED) is 0.648. The fourth-order valence-electron chi connectivity index (χ4n) is 1.99. The molecule has 94 valence electrons. The van der Waals surface area contributed by atoms with Crippen molar-refractivity contribution in [1.82, 2.24) is 0 Å². The zero-order valence-electron chi connectivity index (χ0n) is 10.4. The molecule has 0 bridgehead atoms. The third kappa shape index (κ3) is 5.50. The largest absolute Gasteiger partial charge is 0.466 e. The van der Waals surface area contributed by atoms with Crippen LogP contribution in [0.4, 0.5) is 0 Å². The molecule has 2 N–H and O–H groups in total. The van der Waals surface area contributed by atoms with E-state index in [1.165, 1.54) is 19.3 Å². The lowest BCUT2D eigenvalue weighted by molar-refractivity contribution is -0.144. The second-order valence-electron chi connectivity index (χ2n) is 5.03. The van der Waals surface area contributed by atoms with Crippen LogP contribution in [0.2, 0.25) is 0 Å². The van der Waals surface area contributed by atoms with Crippen LogP contribution >= 0.6 is 0 Å². The van der Waals surface area contributed by atoms with Crippen LogP contribution in [-0.4, -0.2) is 19.1 Å². The third-order valence-corrected chi connectivity index (χ3v) is 3.51. The Morgan fingerprint density at radius 1 is 1.44 bits per heavy atom. The van der Waals surface area contributed by atoms with Crippen LogP contribution in [-0.2, 0) is 9.53 Å². The summed E-state index contributed by atoms with van der Waals surface area (Å²) in [5, 5.41) is 0. The van der Waals surface area contributed by atoms with E-state index in [-0.39, 0.29) is 5.97 Å². The van der Waals surface area contributed by atoms with Crippen LogP contribution < -0.4 is 5.73 Å². The highest BCUT2D eigenvalue weighted by Gasteiger charge is 2.17. The van der Waals surface area contributed by atoms with E-state index in [1.807, 2.05) is 0 Å². The summed E-state index contributed by atoms with van der Waals surface area (Å²) in [7, 11) is 0. The molecule has 1 unspecified atom stereocenters. The van der Waals surface area contributed by atoms with E-state index in [9.17, 15) is 4.79 Å². The number of hydrogen-bond acceptors (Lipinski definition) is 3. The first kappa shape index (κ1) is 13.5. The van der Waals surface area contributed by atoms with Crippen LogP contribution in [0.1, 0.15) is 51.9 Å². The molecular formula is C13H25NO2. The molecule has 0 aliphatic heterocycles. The zero-order chi connectivity index (χ0) is 11.8. The maximum absolute atomic E-state index is 11.4. The van der Waals surface area contributed by atoms with Crippen molar-refractivity contribution in [2.45, 2.75) is 51.9 Å². The second kappa shape index (κ2) is 7.66. The Balaban J connectivity index is 1.93. The van der Waals surface area contributed by atoms with E-state index in [0.717, 1.165) is 25.2 Å². The molecule has 0 spiro atoms. The molecule has 0 heterocycles. The molecule has 16 heavy (non-hydrogen) atoms. The summed E-state index contributed by atoms with van der Waals surface area (Å²) >= 11 is 0. The van der Waals surface area contributed by atoms with Crippen LogP contribution in [0.15, 0.2) is 0 Å². The summed E-state index contributed by atoms with van der Waals surface area (Å²) in [6.45, 7) is 3.46. The number of hydrogen-bond donors (Lipinski definition) is 1. The summed E-state index contributed by atoms with van der Waals surface area (Å²) in [5.41, 5.74) is 5.45. The monoisotopic (exact) mass is 227 g/mol. The number of carbonyl (C=O) groups excluding carboxylic acids is 1. The molecule has 0 aromatic rings. The van der Waals surface area contributed by atoms with Crippen LogP contribution in [0.3, 0.4) is 0 Å². The Bertz CT molecular complexity index is 202. The molecular weight excluding hydrogens is 202 g/mol. The van der Waals surface area contributed by atoms with E-state index in [0.29, 0.717) is 25.5 Å². The molecule has 3 heteroatoms. The smallest absolute Gasteiger partial charge is 0.305 e. The lowest BCUT2D eigenvalue weighted by Crippen LogP contribution is -2.16. The molecule has 1 atom stereocenters. The van der Waals surface area contributed by atoms with Crippen molar-refractivity contribution < 1.29 is 9.53 Å². The number of esters is 1. The summed E-state index contributed by atoms with van der Waals surface area (Å²) in [4.78, 5) is 11.4. The summed E-state index contributed by atoms with van der Waals surface area (Å²) in [6.07, 6.45) is 7.51. The van der Waals surface area contributed by atoms with Crippen LogP contribution in [0, 0.1) is 11.8 Å². The Kier molecular flexibility index (Phi) is 6.46. The highest BCUT2D eigenvalue weighted by atomic mass is 16.5. The van der Waals surface area contributed by atoms with Gasteiger partial charge in [-0.25, -0.2) is 0 Å². The Labute approximate surface area is 98.7 Å². The average Bonchev–Trinajstić information content (AvgIpc) is 2.19. The number of ether oxygens (including phenoxy) is 1. The van der Waals surface area contributed by atoms with Crippen molar-refractivity contribution in [2.24, 2.45) is 17.6 Å². The van der Waals surface area contributed by atoms with Gasteiger partial charge in [0.1, 0.15) is 0 Å². The molecule has 0 amide bonds. The van der Waals surface area contributed by atoms with E-state index in [2.05, 4.69) is 6.92 Å². The van der Waals surface area contributed by atoms with Crippen molar-refractivity contribution in [1.29, 1.82) is 0 Å². The molecule has 1 fully saturated rings. The minimum Gasteiger partial charge on any atom is -0.466 e. The molecule has 1 aliphatic carbocycles. The minimum absolute atomic E-state index is 0.0387. The van der Waals surface area contributed by atoms with Crippen molar-refractivity contribution in [2.75, 3.05) is 13.2 Å². The molecule has 1 saturated carbocycles. The summed E-state index contributed by atoms with van der Waals surface area (Å²) < 4.78 is 5.21. The van der Waals surface area contributed by atoms with Gasteiger partial charge in [-0.2, -0.15) is 0 Å². The average molecular weight is 227 g/mol. The fraction of sp³-hybridized carbons (Fsp3) is 0.923. The maximum atomic E-state index is 11.4. The summed E-state index contributed by atoms with van der Waals surface area (Å²) in [6, 6.07) is 0. The topological polar surface area (TPSA) is 52.3 Å². The van der Waals surface area contributed by atoms with E-state index >= 15 is 0 Å². The highest BCUT2D eigenvalue weighted by molar-refractivity contribution is 5.69. The number of rotatable bonds is 8. The first-order chi connectivity index (χ1) is 7.72. The van der Waals surface area contributed by atoms with E-state index < -0.39 is 0 Å². The van der Waals surface area contributed by atoms with Gasteiger partial charge >= 0.3 is 5.97 Å². The van der Waals surface area contributed by atoms with Gasteiger partial charge in [0.15, 0.2) is 0 Å². The highest BCUT2D eigenvalue weighted by Crippen LogP contribution is 2.29. The fourth-order valence-corrected chi connectivity index (χ4v) is 1.99. The molecule has 1 rings (SSSR count). The first-order valence-electron chi connectivity index (χ1n) is 6.58. The van der Waals surface area contributed by atoms with Crippen molar-refractivity contribution in [3.8, 4) is 0 Å². The first-order valence-corrected chi connectivity index (χ1v) is 6.58. The Morgan fingerprint density at radius 2 is 2.19 bits per heavy atom. The summed E-state index contributed by atoms with van der Waals surface area (Å²) in [5.74, 6) is 1.32. The van der Waals surface area contributed by atoms with Crippen LogP contribution in [0.25, 0.3) is 0 Å². The van der Waals surface area contributed by atoms with Gasteiger partial charge in [0.25, 0.3) is 0 Å². The minimum atomic E-state index is -0.0387. The van der Waals surface area contributed by atoms with Gasteiger partial charge < -0.3 is 10.5 Å².